The van der Waals surface area contributed by atoms with Gasteiger partial charge in [0.05, 0.1) is 11.8 Å². The van der Waals surface area contributed by atoms with E-state index in [0.717, 1.165) is 23.3 Å². The highest BCUT2D eigenvalue weighted by Crippen LogP contribution is 2.31. The molecule has 1 aromatic heterocycles. The van der Waals surface area contributed by atoms with Crippen molar-refractivity contribution in [2.24, 2.45) is 0 Å². The van der Waals surface area contributed by atoms with Crippen LogP contribution in [0.3, 0.4) is 0 Å². The molecule has 0 atom stereocenters. The summed E-state index contributed by atoms with van der Waals surface area (Å²) in [6, 6.07) is 22.1. The van der Waals surface area contributed by atoms with E-state index in [4.69, 9.17) is 9.15 Å². The van der Waals surface area contributed by atoms with Gasteiger partial charge in [0.25, 0.3) is 6.01 Å². The van der Waals surface area contributed by atoms with Crippen LogP contribution < -0.4 is 10.1 Å². The standard InChI is InChI=1S/C23H17F3N2O2/c24-23(25,26)18-9-11-19(12-10-18)28-22-27-14-21(30-22)17-7-4-8-20(13-17)29-15-16-5-2-1-3-6-16/h1-14H,15H2,(H,27,28). The highest BCUT2D eigenvalue weighted by molar-refractivity contribution is 5.61. The fourth-order valence-corrected chi connectivity index (χ4v) is 2.81. The number of oxazole rings is 1. The third-order valence-electron chi connectivity index (χ3n) is 4.34. The molecule has 152 valence electrons. The van der Waals surface area contributed by atoms with E-state index in [9.17, 15) is 13.2 Å². The van der Waals surface area contributed by atoms with Crippen LogP contribution in [0.4, 0.5) is 24.9 Å². The molecule has 0 bridgehead atoms. The summed E-state index contributed by atoms with van der Waals surface area (Å²) in [6.07, 6.45) is -2.83. The SMILES string of the molecule is FC(F)(F)c1ccc(Nc2ncc(-c3cccc(OCc4ccccc4)c3)o2)cc1. The molecule has 0 saturated carbocycles. The molecule has 0 fully saturated rings. The summed E-state index contributed by atoms with van der Waals surface area (Å²) >= 11 is 0. The molecular formula is C23H17F3N2O2. The van der Waals surface area contributed by atoms with Gasteiger partial charge in [-0.15, -0.1) is 0 Å². The summed E-state index contributed by atoms with van der Waals surface area (Å²) in [6.45, 7) is 0.446. The van der Waals surface area contributed by atoms with Crippen molar-refractivity contribution in [1.82, 2.24) is 4.98 Å². The van der Waals surface area contributed by atoms with Gasteiger partial charge in [0, 0.05) is 11.3 Å². The van der Waals surface area contributed by atoms with E-state index in [2.05, 4.69) is 10.3 Å². The molecule has 0 aliphatic heterocycles. The molecule has 3 aromatic carbocycles. The Labute approximate surface area is 171 Å². The van der Waals surface area contributed by atoms with Crippen molar-refractivity contribution in [2.75, 3.05) is 5.32 Å². The van der Waals surface area contributed by atoms with Crippen molar-refractivity contribution in [1.29, 1.82) is 0 Å². The van der Waals surface area contributed by atoms with Crippen LogP contribution in [0.5, 0.6) is 5.75 Å². The van der Waals surface area contributed by atoms with Crippen LogP contribution in [0.15, 0.2) is 89.5 Å². The predicted octanol–water partition coefficient (Wildman–Crippen LogP) is 6.68. The topological polar surface area (TPSA) is 47.3 Å². The van der Waals surface area contributed by atoms with Crippen LogP contribution in [0, 0.1) is 0 Å². The Morgan fingerprint density at radius 3 is 2.40 bits per heavy atom. The fraction of sp³-hybridized carbons (Fsp3) is 0.0870. The van der Waals surface area contributed by atoms with E-state index in [1.807, 2.05) is 54.6 Å². The first-order valence-electron chi connectivity index (χ1n) is 9.15. The lowest BCUT2D eigenvalue weighted by molar-refractivity contribution is -0.137. The lowest BCUT2D eigenvalue weighted by Gasteiger charge is -2.08. The Bertz CT molecular complexity index is 1110. The van der Waals surface area contributed by atoms with Crippen LogP contribution in [0.2, 0.25) is 0 Å². The first kappa shape index (κ1) is 19.6. The molecule has 0 aliphatic carbocycles. The molecule has 4 nitrogen and oxygen atoms in total. The summed E-state index contributed by atoms with van der Waals surface area (Å²) in [5.74, 6) is 1.19. The minimum atomic E-state index is -4.37. The summed E-state index contributed by atoms with van der Waals surface area (Å²) in [4.78, 5) is 4.14. The minimum absolute atomic E-state index is 0.181. The number of nitrogens with zero attached hydrogens (tertiary/aromatic N) is 1. The summed E-state index contributed by atoms with van der Waals surface area (Å²) in [5, 5.41) is 2.86. The largest absolute Gasteiger partial charge is 0.489 e. The van der Waals surface area contributed by atoms with E-state index >= 15 is 0 Å². The fourth-order valence-electron chi connectivity index (χ4n) is 2.81. The molecule has 0 spiro atoms. The van der Waals surface area contributed by atoms with Gasteiger partial charge in [-0.1, -0.05) is 42.5 Å². The number of anilines is 2. The Morgan fingerprint density at radius 2 is 1.67 bits per heavy atom. The maximum Gasteiger partial charge on any atom is 0.416 e. The highest BCUT2D eigenvalue weighted by Gasteiger charge is 2.29. The number of hydrogen-bond donors (Lipinski definition) is 1. The zero-order chi connectivity index (χ0) is 21.0. The molecule has 4 rings (SSSR count). The van der Waals surface area contributed by atoms with E-state index in [-0.39, 0.29) is 6.01 Å². The number of aromatic nitrogens is 1. The number of rotatable bonds is 6. The van der Waals surface area contributed by atoms with Crippen LogP contribution >= 0.6 is 0 Å². The number of hydrogen-bond acceptors (Lipinski definition) is 4. The van der Waals surface area contributed by atoms with Crippen LogP contribution in [0.25, 0.3) is 11.3 Å². The molecule has 0 radical (unpaired) electrons. The molecule has 7 heteroatoms. The molecule has 0 unspecified atom stereocenters. The van der Waals surface area contributed by atoms with E-state index in [1.54, 1.807) is 6.20 Å². The minimum Gasteiger partial charge on any atom is -0.489 e. The van der Waals surface area contributed by atoms with Crippen LogP contribution in [-0.4, -0.2) is 4.98 Å². The zero-order valence-corrected chi connectivity index (χ0v) is 15.7. The predicted molar refractivity (Wildman–Crippen MR) is 107 cm³/mol. The molecule has 30 heavy (non-hydrogen) atoms. The molecule has 1 heterocycles. The van der Waals surface area contributed by atoms with Gasteiger partial charge < -0.3 is 14.5 Å². The highest BCUT2D eigenvalue weighted by atomic mass is 19.4. The maximum atomic E-state index is 12.7. The van der Waals surface area contributed by atoms with E-state index in [1.165, 1.54) is 12.1 Å². The van der Waals surface area contributed by atoms with Gasteiger partial charge in [-0.2, -0.15) is 13.2 Å². The first-order chi connectivity index (χ1) is 14.5. The van der Waals surface area contributed by atoms with Gasteiger partial charge in [-0.25, -0.2) is 4.98 Å². The van der Waals surface area contributed by atoms with Crippen LogP contribution in [-0.2, 0) is 12.8 Å². The van der Waals surface area contributed by atoms with Gasteiger partial charge in [0.15, 0.2) is 5.76 Å². The van der Waals surface area contributed by atoms with Crippen molar-refractivity contribution in [2.45, 2.75) is 12.8 Å². The zero-order valence-electron chi connectivity index (χ0n) is 15.7. The van der Waals surface area contributed by atoms with Crippen molar-refractivity contribution >= 4 is 11.7 Å². The van der Waals surface area contributed by atoms with E-state index in [0.29, 0.717) is 23.8 Å². The average molecular weight is 410 g/mol. The number of ether oxygens (including phenoxy) is 1. The lowest BCUT2D eigenvalue weighted by Crippen LogP contribution is -2.04. The summed E-state index contributed by atoms with van der Waals surface area (Å²) in [5.41, 5.74) is 1.56. The molecule has 0 amide bonds. The van der Waals surface area contributed by atoms with Crippen molar-refractivity contribution in [3.8, 4) is 17.1 Å². The van der Waals surface area contributed by atoms with Gasteiger partial charge in [-0.05, 0) is 42.0 Å². The molecular weight excluding hydrogens is 393 g/mol. The third kappa shape index (κ3) is 4.81. The summed E-state index contributed by atoms with van der Waals surface area (Å²) < 4.78 is 49.5. The number of nitrogens with one attached hydrogen (secondary N) is 1. The number of alkyl halides is 3. The van der Waals surface area contributed by atoms with Crippen LogP contribution in [0.1, 0.15) is 11.1 Å². The van der Waals surface area contributed by atoms with Gasteiger partial charge in [-0.3, -0.25) is 0 Å². The Morgan fingerprint density at radius 1 is 0.900 bits per heavy atom. The van der Waals surface area contributed by atoms with Gasteiger partial charge >= 0.3 is 6.18 Å². The Hall–Kier alpha value is -3.74. The van der Waals surface area contributed by atoms with Gasteiger partial charge in [0.1, 0.15) is 12.4 Å². The molecule has 1 N–H and O–H groups in total. The number of halogens is 3. The third-order valence-corrected chi connectivity index (χ3v) is 4.34. The normalized spacial score (nSPS) is 11.3. The summed E-state index contributed by atoms with van der Waals surface area (Å²) in [7, 11) is 0. The smallest absolute Gasteiger partial charge is 0.416 e. The maximum absolute atomic E-state index is 12.7. The lowest BCUT2D eigenvalue weighted by atomic mass is 10.2. The monoisotopic (exact) mass is 410 g/mol. The second-order valence-electron chi connectivity index (χ2n) is 6.53. The Balaban J connectivity index is 1.43. The second-order valence-corrected chi connectivity index (χ2v) is 6.53. The second kappa shape index (κ2) is 8.32. The average Bonchev–Trinajstić information content (AvgIpc) is 3.21. The van der Waals surface area contributed by atoms with Gasteiger partial charge in [0.2, 0.25) is 0 Å². The molecule has 0 aliphatic rings. The van der Waals surface area contributed by atoms with Crippen molar-refractivity contribution in [3.05, 3.63) is 96.2 Å². The van der Waals surface area contributed by atoms with E-state index < -0.39 is 11.7 Å². The molecule has 4 aromatic rings. The van der Waals surface area contributed by atoms with Crippen molar-refractivity contribution in [3.63, 3.8) is 0 Å². The quantitative estimate of drug-likeness (QED) is 0.385. The Kier molecular flexibility index (Phi) is 5.43. The first-order valence-corrected chi connectivity index (χ1v) is 9.15. The van der Waals surface area contributed by atoms with Crippen molar-refractivity contribution < 1.29 is 22.3 Å². The number of benzene rings is 3. The molecule has 0 saturated heterocycles.